The van der Waals surface area contributed by atoms with E-state index in [9.17, 15) is 14.4 Å². The SMILES string of the molecule is Cc1ccccc1NC(=O)COC(=O)CCNC(=O)c1ccccc1C. The normalized spacial score (nSPS) is 10.1. The number of aryl methyl sites for hydroxylation is 2. The molecule has 2 rings (SSSR count). The Morgan fingerprint density at radius 2 is 1.58 bits per heavy atom. The number of nitrogens with one attached hydrogen (secondary N) is 2. The lowest BCUT2D eigenvalue weighted by Gasteiger charge is -2.09. The first-order valence-electron chi connectivity index (χ1n) is 8.32. The van der Waals surface area contributed by atoms with Crippen molar-refractivity contribution in [1.82, 2.24) is 5.32 Å². The van der Waals surface area contributed by atoms with Crippen molar-refractivity contribution in [2.45, 2.75) is 20.3 Å². The quantitative estimate of drug-likeness (QED) is 0.749. The number of carbonyl (C=O) groups is 3. The van der Waals surface area contributed by atoms with Gasteiger partial charge >= 0.3 is 5.97 Å². The van der Waals surface area contributed by atoms with Crippen molar-refractivity contribution in [3.05, 3.63) is 65.2 Å². The van der Waals surface area contributed by atoms with E-state index in [1.165, 1.54) is 0 Å². The van der Waals surface area contributed by atoms with Crippen LogP contribution >= 0.6 is 0 Å². The third kappa shape index (κ3) is 5.73. The fourth-order valence-corrected chi connectivity index (χ4v) is 2.32. The highest BCUT2D eigenvalue weighted by molar-refractivity contribution is 5.96. The summed E-state index contributed by atoms with van der Waals surface area (Å²) in [6.07, 6.45) is -0.00470. The maximum atomic E-state index is 12.0. The zero-order chi connectivity index (χ0) is 18.9. The molecule has 2 amide bonds. The molecule has 0 aliphatic carbocycles. The van der Waals surface area contributed by atoms with Gasteiger partial charge in [0.05, 0.1) is 6.42 Å². The maximum absolute atomic E-state index is 12.0. The third-order valence-electron chi connectivity index (χ3n) is 3.79. The monoisotopic (exact) mass is 354 g/mol. The van der Waals surface area contributed by atoms with Crippen molar-refractivity contribution >= 4 is 23.5 Å². The largest absolute Gasteiger partial charge is 0.456 e. The zero-order valence-electron chi connectivity index (χ0n) is 14.9. The minimum atomic E-state index is -0.546. The molecule has 2 aromatic carbocycles. The Bertz CT molecular complexity index is 802. The van der Waals surface area contributed by atoms with Crippen LogP contribution in [0.3, 0.4) is 0 Å². The van der Waals surface area contributed by atoms with Gasteiger partial charge in [-0.05, 0) is 37.1 Å². The van der Waals surface area contributed by atoms with E-state index < -0.39 is 11.9 Å². The Morgan fingerprint density at radius 1 is 0.923 bits per heavy atom. The lowest BCUT2D eigenvalue weighted by molar-refractivity contribution is -0.147. The highest BCUT2D eigenvalue weighted by Gasteiger charge is 2.11. The molecule has 0 unspecified atom stereocenters. The molecule has 0 heterocycles. The van der Waals surface area contributed by atoms with Crippen LogP contribution in [0.1, 0.15) is 27.9 Å². The molecule has 0 aliphatic rings. The molecule has 0 spiro atoms. The number of carbonyl (C=O) groups excluding carboxylic acids is 3. The predicted octanol–water partition coefficient (Wildman–Crippen LogP) is 2.61. The summed E-state index contributed by atoms with van der Waals surface area (Å²) in [6.45, 7) is 3.50. The molecular formula is C20H22N2O4. The van der Waals surface area contributed by atoms with Crippen molar-refractivity contribution in [3.63, 3.8) is 0 Å². The number of esters is 1. The zero-order valence-corrected chi connectivity index (χ0v) is 14.9. The minimum absolute atomic E-state index is 0.00470. The molecule has 0 aliphatic heterocycles. The van der Waals surface area contributed by atoms with E-state index in [4.69, 9.17) is 4.74 Å². The van der Waals surface area contributed by atoms with E-state index in [0.29, 0.717) is 11.3 Å². The Balaban J connectivity index is 1.69. The Hall–Kier alpha value is -3.15. The van der Waals surface area contributed by atoms with Gasteiger partial charge in [0.15, 0.2) is 6.61 Å². The molecule has 0 radical (unpaired) electrons. The van der Waals surface area contributed by atoms with Crippen molar-refractivity contribution in [2.24, 2.45) is 0 Å². The van der Waals surface area contributed by atoms with Gasteiger partial charge in [-0.1, -0.05) is 36.4 Å². The molecule has 6 nitrogen and oxygen atoms in total. The first kappa shape index (κ1) is 19.2. The molecule has 6 heteroatoms. The highest BCUT2D eigenvalue weighted by Crippen LogP contribution is 2.12. The number of anilines is 1. The number of hydrogen-bond acceptors (Lipinski definition) is 4. The maximum Gasteiger partial charge on any atom is 0.308 e. The molecule has 0 aromatic heterocycles. The second kappa shape index (κ2) is 9.36. The van der Waals surface area contributed by atoms with Crippen LogP contribution in [-0.2, 0) is 14.3 Å². The summed E-state index contributed by atoms with van der Waals surface area (Å²) < 4.78 is 4.92. The smallest absolute Gasteiger partial charge is 0.308 e. The van der Waals surface area contributed by atoms with Crippen LogP contribution in [0.2, 0.25) is 0 Å². The molecule has 0 saturated carbocycles. The predicted molar refractivity (Wildman–Crippen MR) is 98.9 cm³/mol. The highest BCUT2D eigenvalue weighted by atomic mass is 16.5. The minimum Gasteiger partial charge on any atom is -0.456 e. The molecule has 2 N–H and O–H groups in total. The summed E-state index contributed by atoms with van der Waals surface area (Å²) >= 11 is 0. The van der Waals surface area contributed by atoms with Gasteiger partial charge in [0, 0.05) is 17.8 Å². The van der Waals surface area contributed by atoms with E-state index in [1.807, 2.05) is 44.2 Å². The third-order valence-corrected chi connectivity index (χ3v) is 3.79. The number of rotatable bonds is 7. The molecule has 0 fully saturated rings. The van der Waals surface area contributed by atoms with Gasteiger partial charge < -0.3 is 15.4 Å². The lowest BCUT2D eigenvalue weighted by Crippen LogP contribution is -2.28. The number of amides is 2. The van der Waals surface area contributed by atoms with Gasteiger partial charge in [-0.2, -0.15) is 0 Å². The fraction of sp³-hybridized carbons (Fsp3) is 0.250. The molecule has 0 saturated heterocycles. The molecular weight excluding hydrogens is 332 g/mol. The van der Waals surface area contributed by atoms with Crippen molar-refractivity contribution in [3.8, 4) is 0 Å². The molecule has 0 atom stereocenters. The van der Waals surface area contributed by atoms with Gasteiger partial charge in [0.2, 0.25) is 0 Å². The second-order valence-corrected chi connectivity index (χ2v) is 5.84. The van der Waals surface area contributed by atoms with Gasteiger partial charge in [-0.15, -0.1) is 0 Å². The van der Waals surface area contributed by atoms with Crippen LogP contribution in [0.25, 0.3) is 0 Å². The number of para-hydroxylation sites is 1. The summed E-state index contributed by atoms with van der Waals surface area (Å²) in [4.78, 5) is 35.5. The van der Waals surface area contributed by atoms with Gasteiger partial charge in [-0.25, -0.2) is 0 Å². The first-order chi connectivity index (χ1) is 12.5. The van der Waals surface area contributed by atoms with Crippen molar-refractivity contribution in [2.75, 3.05) is 18.5 Å². The van der Waals surface area contributed by atoms with Gasteiger partial charge in [-0.3, -0.25) is 14.4 Å². The fourth-order valence-electron chi connectivity index (χ4n) is 2.32. The Labute approximate surface area is 152 Å². The van der Waals surface area contributed by atoms with Crippen LogP contribution in [0, 0.1) is 13.8 Å². The molecule has 26 heavy (non-hydrogen) atoms. The first-order valence-corrected chi connectivity index (χ1v) is 8.32. The van der Waals surface area contributed by atoms with Crippen LogP contribution in [-0.4, -0.2) is 30.9 Å². The van der Waals surface area contributed by atoms with E-state index in [-0.39, 0.29) is 25.5 Å². The molecule has 136 valence electrons. The van der Waals surface area contributed by atoms with Crippen LogP contribution in [0.4, 0.5) is 5.69 Å². The Morgan fingerprint density at radius 3 is 2.27 bits per heavy atom. The summed E-state index contributed by atoms with van der Waals surface area (Å²) in [5, 5.41) is 5.35. The standard InChI is InChI=1S/C20H22N2O4/c1-14-7-3-5-9-16(14)20(25)21-12-11-19(24)26-13-18(23)22-17-10-6-4-8-15(17)2/h3-10H,11-13H2,1-2H3,(H,21,25)(H,22,23). The molecule has 2 aromatic rings. The average Bonchev–Trinajstić information content (AvgIpc) is 2.62. The summed E-state index contributed by atoms with van der Waals surface area (Å²) in [5.41, 5.74) is 3.03. The van der Waals surface area contributed by atoms with Crippen LogP contribution < -0.4 is 10.6 Å². The van der Waals surface area contributed by atoms with Crippen LogP contribution in [0.15, 0.2) is 48.5 Å². The number of ether oxygens (including phenoxy) is 1. The van der Waals surface area contributed by atoms with Crippen molar-refractivity contribution in [1.29, 1.82) is 0 Å². The van der Waals surface area contributed by atoms with E-state index in [1.54, 1.807) is 18.2 Å². The summed E-state index contributed by atoms with van der Waals surface area (Å²) in [7, 11) is 0. The number of benzene rings is 2. The number of hydrogen-bond donors (Lipinski definition) is 2. The average molecular weight is 354 g/mol. The lowest BCUT2D eigenvalue weighted by atomic mass is 10.1. The topological polar surface area (TPSA) is 84.5 Å². The van der Waals surface area contributed by atoms with E-state index in [2.05, 4.69) is 10.6 Å². The Kier molecular flexibility index (Phi) is 6.91. The van der Waals surface area contributed by atoms with E-state index >= 15 is 0 Å². The molecule has 0 bridgehead atoms. The van der Waals surface area contributed by atoms with Crippen LogP contribution in [0.5, 0.6) is 0 Å². The van der Waals surface area contributed by atoms with E-state index in [0.717, 1.165) is 11.1 Å². The van der Waals surface area contributed by atoms with Gasteiger partial charge in [0.25, 0.3) is 11.8 Å². The van der Waals surface area contributed by atoms with Gasteiger partial charge in [0.1, 0.15) is 0 Å². The summed E-state index contributed by atoms with van der Waals surface area (Å²) in [5.74, 6) is -1.19. The van der Waals surface area contributed by atoms with Crippen molar-refractivity contribution < 1.29 is 19.1 Å². The summed E-state index contributed by atoms with van der Waals surface area (Å²) in [6, 6.07) is 14.5. The second-order valence-electron chi connectivity index (χ2n) is 5.84.